The summed E-state index contributed by atoms with van der Waals surface area (Å²) in [5.74, 6) is -0.522. The van der Waals surface area contributed by atoms with E-state index in [0.717, 1.165) is 12.8 Å². The first kappa shape index (κ1) is 17.3. The van der Waals surface area contributed by atoms with Crippen molar-refractivity contribution < 1.29 is 19.9 Å². The predicted octanol–water partition coefficient (Wildman–Crippen LogP) is -0.374. The number of rotatable bonds is 12. The minimum Gasteiger partial charge on any atom is -0.382 e. The number of methoxy groups -OCH3 is 1. The summed E-state index contributed by atoms with van der Waals surface area (Å²) < 4.78 is 4.85. The number of nitrogens with one attached hydrogen (secondary N) is 2. The number of ether oxygens (including phenoxy) is 1. The van der Waals surface area contributed by atoms with E-state index < -0.39 is 11.9 Å². The van der Waals surface area contributed by atoms with Gasteiger partial charge in [-0.25, -0.2) is 0 Å². The van der Waals surface area contributed by atoms with Crippen molar-refractivity contribution in [1.29, 1.82) is 0 Å². The molecule has 0 saturated heterocycles. The molecule has 0 rings (SSSR count). The molecule has 1 unspecified atom stereocenters. The van der Waals surface area contributed by atoms with Crippen LogP contribution in [0.4, 0.5) is 0 Å². The van der Waals surface area contributed by atoms with Gasteiger partial charge in [-0.05, 0) is 6.42 Å². The minimum atomic E-state index is -0.657. The van der Waals surface area contributed by atoms with Gasteiger partial charge in [-0.3, -0.25) is 4.79 Å². The quantitative estimate of drug-likeness (QED) is 0.285. The number of unbranched alkanes of at least 4 members (excludes halogenated alkanes) is 5. The number of carbonyl (C=O) groups excluding carboxylic acids is 1. The maximum Gasteiger partial charge on any atom is 0.242 e. The Morgan fingerprint density at radius 1 is 1.33 bits per heavy atom. The predicted molar refractivity (Wildman–Crippen MR) is 69.0 cm³/mol. The fourth-order valence-electron chi connectivity index (χ4n) is 1.71. The van der Waals surface area contributed by atoms with Crippen LogP contribution in [0.5, 0.6) is 0 Å². The Kier molecular flexibility index (Phi) is 11.0. The lowest BCUT2D eigenvalue weighted by atomic mass is 10.1. The fourth-order valence-corrected chi connectivity index (χ4v) is 1.71. The Labute approximate surface area is 109 Å². The number of hydrogen-bond donors (Lipinski definition) is 4. The van der Waals surface area contributed by atoms with Crippen LogP contribution in [0, 0.1) is 0 Å². The Bertz CT molecular complexity index is 215. The molecule has 5 N–H and O–H groups in total. The summed E-state index contributed by atoms with van der Waals surface area (Å²) >= 11 is 0. The highest BCUT2D eigenvalue weighted by molar-refractivity contribution is 5.79. The number of nitrogens with two attached hydrogens (primary N) is 1. The summed E-state index contributed by atoms with van der Waals surface area (Å²) in [6, 6.07) is -0.657. The average molecular weight is 262 g/mol. The number of quaternary nitrogens is 1. The van der Waals surface area contributed by atoms with Crippen LogP contribution >= 0.6 is 0 Å². The maximum atomic E-state index is 11.0. The molecule has 0 aromatic carbocycles. The Morgan fingerprint density at radius 2 is 1.94 bits per heavy atom. The largest absolute Gasteiger partial charge is 0.382 e. The van der Waals surface area contributed by atoms with Gasteiger partial charge in [0.1, 0.15) is 6.54 Å². The van der Waals surface area contributed by atoms with E-state index >= 15 is 0 Å². The van der Waals surface area contributed by atoms with E-state index in [4.69, 9.17) is 10.5 Å². The molecule has 108 valence electrons. The molecule has 0 aromatic rings. The molecule has 0 heterocycles. The first-order chi connectivity index (χ1) is 8.61. The Morgan fingerprint density at radius 3 is 2.50 bits per heavy atom. The smallest absolute Gasteiger partial charge is 0.242 e. The van der Waals surface area contributed by atoms with Gasteiger partial charge < -0.3 is 10.5 Å². The normalized spacial score (nSPS) is 14.4. The SMILES string of the molecule is CCCCCCCC[NH+](O)N[C@@H](COC)C(N)=O. The summed E-state index contributed by atoms with van der Waals surface area (Å²) in [5, 5.41) is 9.76. The van der Waals surface area contributed by atoms with Gasteiger partial charge in [0.15, 0.2) is 6.04 Å². The molecule has 0 saturated carbocycles. The first-order valence-corrected chi connectivity index (χ1v) is 6.71. The second-order valence-electron chi connectivity index (χ2n) is 4.52. The third-order valence-electron chi connectivity index (χ3n) is 2.78. The van der Waals surface area contributed by atoms with E-state index in [1.807, 2.05) is 0 Å². The van der Waals surface area contributed by atoms with Crippen molar-refractivity contribution in [2.24, 2.45) is 5.73 Å². The van der Waals surface area contributed by atoms with Gasteiger partial charge in [0.05, 0.1) is 6.61 Å². The van der Waals surface area contributed by atoms with Crippen LogP contribution in [0.2, 0.25) is 0 Å². The van der Waals surface area contributed by atoms with Crippen molar-refractivity contribution in [2.75, 3.05) is 20.3 Å². The zero-order valence-corrected chi connectivity index (χ0v) is 11.6. The molecule has 6 heteroatoms. The van der Waals surface area contributed by atoms with Crippen LogP contribution < -0.4 is 16.3 Å². The molecule has 2 atom stereocenters. The number of hydroxylamine groups is 1. The number of carbonyl (C=O) groups is 1. The van der Waals surface area contributed by atoms with Crippen LogP contribution in [-0.2, 0) is 9.53 Å². The molecule has 1 amide bonds. The third-order valence-corrected chi connectivity index (χ3v) is 2.78. The van der Waals surface area contributed by atoms with Gasteiger partial charge in [-0.15, -0.1) is 10.6 Å². The van der Waals surface area contributed by atoms with Gasteiger partial charge in [-0.2, -0.15) is 5.21 Å². The number of amides is 1. The molecule has 0 aliphatic rings. The highest BCUT2D eigenvalue weighted by atomic mass is 16.5. The fraction of sp³-hybridized carbons (Fsp3) is 0.917. The molecular formula is C12H28N3O3+. The lowest BCUT2D eigenvalue weighted by Crippen LogP contribution is -3.17. The maximum absolute atomic E-state index is 11.0. The van der Waals surface area contributed by atoms with Crippen molar-refractivity contribution in [3.8, 4) is 0 Å². The molecular weight excluding hydrogens is 234 g/mol. The van der Waals surface area contributed by atoms with Crippen molar-refractivity contribution in [1.82, 2.24) is 5.43 Å². The van der Waals surface area contributed by atoms with E-state index in [-0.39, 0.29) is 11.8 Å². The summed E-state index contributed by atoms with van der Waals surface area (Å²) in [7, 11) is 1.49. The first-order valence-electron chi connectivity index (χ1n) is 6.71. The Hall–Kier alpha value is -0.690. The number of primary amides is 1. The molecule has 0 aliphatic carbocycles. The van der Waals surface area contributed by atoms with E-state index in [0.29, 0.717) is 6.54 Å². The standard InChI is InChI=1S/C12H27N3O3/c1-3-4-5-6-7-8-9-15(17)14-11(10-18-2)12(13)16/h11,14,17H,3-10H2,1-2H3,(H2,13,16)/p+1/t11-/m0/s1. The van der Waals surface area contributed by atoms with Crippen molar-refractivity contribution in [2.45, 2.75) is 51.5 Å². The van der Waals surface area contributed by atoms with Crippen LogP contribution in [0.3, 0.4) is 0 Å². The van der Waals surface area contributed by atoms with Crippen molar-refractivity contribution in [3.63, 3.8) is 0 Å². The Balaban J connectivity index is 3.61. The summed E-state index contributed by atoms with van der Waals surface area (Å²) in [6.07, 6.45) is 6.96. The van der Waals surface area contributed by atoms with Crippen LogP contribution in [-0.4, -0.2) is 37.4 Å². The zero-order valence-electron chi connectivity index (χ0n) is 11.6. The molecule has 0 fully saturated rings. The third kappa shape index (κ3) is 9.35. The van der Waals surface area contributed by atoms with Gasteiger partial charge >= 0.3 is 0 Å². The molecule has 0 bridgehead atoms. The minimum absolute atomic E-state index is 0.117. The summed E-state index contributed by atoms with van der Waals surface area (Å²) in [4.78, 5) is 11.0. The van der Waals surface area contributed by atoms with E-state index in [9.17, 15) is 10.0 Å². The van der Waals surface area contributed by atoms with Crippen LogP contribution in [0.25, 0.3) is 0 Å². The van der Waals surface area contributed by atoms with Gasteiger partial charge in [0, 0.05) is 13.5 Å². The average Bonchev–Trinajstić information content (AvgIpc) is 2.33. The molecule has 0 spiro atoms. The summed E-state index contributed by atoms with van der Waals surface area (Å²) in [5.41, 5.74) is 7.87. The van der Waals surface area contributed by atoms with Crippen molar-refractivity contribution >= 4 is 5.91 Å². The van der Waals surface area contributed by atoms with Gasteiger partial charge in [0.2, 0.25) is 5.91 Å². The topological polar surface area (TPSA) is 89.0 Å². The van der Waals surface area contributed by atoms with E-state index in [2.05, 4.69) is 12.3 Å². The second-order valence-corrected chi connectivity index (χ2v) is 4.52. The van der Waals surface area contributed by atoms with Crippen molar-refractivity contribution in [3.05, 3.63) is 0 Å². The molecule has 6 nitrogen and oxygen atoms in total. The highest BCUT2D eigenvalue weighted by Crippen LogP contribution is 2.03. The highest BCUT2D eigenvalue weighted by Gasteiger charge is 2.20. The summed E-state index contributed by atoms with van der Waals surface area (Å²) in [6.45, 7) is 2.90. The zero-order chi connectivity index (χ0) is 13.8. The number of hydrogen-bond acceptors (Lipinski definition) is 4. The molecule has 0 aliphatic heterocycles. The van der Waals surface area contributed by atoms with Gasteiger partial charge in [0.25, 0.3) is 0 Å². The molecule has 0 aromatic heterocycles. The van der Waals surface area contributed by atoms with Gasteiger partial charge in [-0.1, -0.05) is 32.6 Å². The lowest BCUT2D eigenvalue weighted by Gasteiger charge is -2.17. The van der Waals surface area contributed by atoms with E-state index in [1.54, 1.807) is 0 Å². The monoisotopic (exact) mass is 262 g/mol. The second kappa shape index (κ2) is 11.4. The molecule has 18 heavy (non-hydrogen) atoms. The van der Waals surface area contributed by atoms with E-state index in [1.165, 1.54) is 32.8 Å². The van der Waals surface area contributed by atoms with Crippen LogP contribution in [0.1, 0.15) is 45.4 Å². The lowest BCUT2D eigenvalue weighted by molar-refractivity contribution is -1.12. The van der Waals surface area contributed by atoms with Crippen LogP contribution in [0.15, 0.2) is 0 Å². The molecule has 0 radical (unpaired) electrons.